The van der Waals surface area contributed by atoms with Crippen LogP contribution in [-0.4, -0.2) is 13.9 Å². The Balaban J connectivity index is 4.61. The predicted molar refractivity (Wildman–Crippen MR) is 62.6 cm³/mol. The van der Waals surface area contributed by atoms with E-state index in [4.69, 9.17) is 4.43 Å². The van der Waals surface area contributed by atoms with Gasteiger partial charge in [-0.1, -0.05) is 26.8 Å². The summed E-state index contributed by atoms with van der Waals surface area (Å²) in [7, 11) is -1.63. The molecule has 0 bridgehead atoms. The standard InChI is InChI=1S/C11H24OSi/c1-9-11(5,6)12-13(7,8)10(2,3)4/h9H,1H2,2-8H3. The van der Waals surface area contributed by atoms with Crippen LogP contribution in [0.3, 0.4) is 0 Å². The molecule has 0 rings (SSSR count). The highest BCUT2D eigenvalue weighted by Crippen LogP contribution is 2.39. The van der Waals surface area contributed by atoms with Gasteiger partial charge in [-0.15, -0.1) is 6.58 Å². The highest BCUT2D eigenvalue weighted by Gasteiger charge is 2.40. The van der Waals surface area contributed by atoms with Gasteiger partial charge in [0.15, 0.2) is 8.32 Å². The molecule has 0 atom stereocenters. The molecule has 13 heavy (non-hydrogen) atoms. The van der Waals surface area contributed by atoms with Crippen molar-refractivity contribution in [3.63, 3.8) is 0 Å². The van der Waals surface area contributed by atoms with Gasteiger partial charge in [-0.25, -0.2) is 0 Å². The Kier molecular flexibility index (Phi) is 3.56. The summed E-state index contributed by atoms with van der Waals surface area (Å²) in [4.78, 5) is 0. The third kappa shape index (κ3) is 3.65. The van der Waals surface area contributed by atoms with Crippen LogP contribution in [-0.2, 0) is 4.43 Å². The van der Waals surface area contributed by atoms with Crippen LogP contribution < -0.4 is 0 Å². The van der Waals surface area contributed by atoms with Gasteiger partial charge in [0.1, 0.15) is 0 Å². The van der Waals surface area contributed by atoms with E-state index in [1.54, 1.807) is 0 Å². The minimum absolute atomic E-state index is 0.191. The fourth-order valence-corrected chi connectivity index (χ4v) is 2.56. The maximum absolute atomic E-state index is 6.16. The quantitative estimate of drug-likeness (QED) is 0.495. The van der Waals surface area contributed by atoms with Gasteiger partial charge < -0.3 is 4.43 Å². The van der Waals surface area contributed by atoms with Crippen molar-refractivity contribution < 1.29 is 4.43 Å². The molecule has 0 aromatic carbocycles. The minimum Gasteiger partial charge on any atom is -0.409 e. The topological polar surface area (TPSA) is 9.23 Å². The van der Waals surface area contributed by atoms with E-state index in [1.807, 2.05) is 6.08 Å². The first kappa shape index (κ1) is 12.9. The summed E-state index contributed by atoms with van der Waals surface area (Å²) in [5, 5.41) is 0.271. The maximum Gasteiger partial charge on any atom is 0.193 e. The van der Waals surface area contributed by atoms with Crippen LogP contribution in [0.4, 0.5) is 0 Å². The molecule has 0 unspecified atom stereocenters. The summed E-state index contributed by atoms with van der Waals surface area (Å²) in [5.74, 6) is 0. The van der Waals surface area contributed by atoms with Crippen molar-refractivity contribution in [1.29, 1.82) is 0 Å². The normalized spacial score (nSPS) is 14.4. The lowest BCUT2D eigenvalue weighted by Gasteiger charge is -2.41. The highest BCUT2D eigenvalue weighted by molar-refractivity contribution is 6.74. The lowest BCUT2D eigenvalue weighted by Crippen LogP contribution is -2.46. The Morgan fingerprint density at radius 2 is 1.46 bits per heavy atom. The highest BCUT2D eigenvalue weighted by atomic mass is 28.4. The Labute approximate surface area is 84.3 Å². The zero-order chi connectivity index (χ0) is 10.9. The Morgan fingerprint density at radius 1 is 1.08 bits per heavy atom. The summed E-state index contributed by atoms with van der Waals surface area (Å²) in [6.45, 7) is 19.2. The van der Waals surface area contributed by atoms with Crippen molar-refractivity contribution in [1.82, 2.24) is 0 Å². The third-order valence-corrected chi connectivity index (χ3v) is 7.46. The van der Waals surface area contributed by atoms with E-state index in [-0.39, 0.29) is 10.6 Å². The summed E-state index contributed by atoms with van der Waals surface area (Å²) in [6.07, 6.45) is 1.88. The van der Waals surface area contributed by atoms with Crippen LogP contribution in [0.5, 0.6) is 0 Å². The molecule has 0 aromatic heterocycles. The van der Waals surface area contributed by atoms with Gasteiger partial charge in [-0.05, 0) is 32.0 Å². The van der Waals surface area contributed by atoms with Gasteiger partial charge in [0, 0.05) is 0 Å². The molecule has 0 saturated heterocycles. The molecule has 0 radical (unpaired) electrons. The fourth-order valence-electron chi connectivity index (χ4n) is 0.852. The monoisotopic (exact) mass is 200 g/mol. The summed E-state index contributed by atoms with van der Waals surface area (Å²) in [6, 6.07) is 0. The van der Waals surface area contributed by atoms with Crippen molar-refractivity contribution in [2.24, 2.45) is 0 Å². The van der Waals surface area contributed by atoms with Gasteiger partial charge in [-0.3, -0.25) is 0 Å². The van der Waals surface area contributed by atoms with E-state index in [0.717, 1.165) is 0 Å². The molecular weight excluding hydrogens is 176 g/mol. The molecule has 0 aliphatic rings. The average molecular weight is 200 g/mol. The molecular formula is C11H24OSi. The van der Waals surface area contributed by atoms with Crippen molar-refractivity contribution >= 4 is 8.32 Å². The van der Waals surface area contributed by atoms with Crippen molar-refractivity contribution in [2.75, 3.05) is 0 Å². The molecule has 0 aliphatic heterocycles. The zero-order valence-electron chi connectivity index (χ0n) is 10.2. The van der Waals surface area contributed by atoms with Crippen molar-refractivity contribution in [2.45, 2.75) is 58.4 Å². The number of rotatable bonds is 3. The first-order valence-corrected chi connectivity index (χ1v) is 7.76. The van der Waals surface area contributed by atoms with Gasteiger partial charge in [0.2, 0.25) is 0 Å². The predicted octanol–water partition coefficient (Wildman–Crippen LogP) is 3.97. The zero-order valence-corrected chi connectivity index (χ0v) is 11.2. The van der Waals surface area contributed by atoms with Crippen LogP contribution in [0, 0.1) is 0 Å². The second-order valence-corrected chi connectivity index (χ2v) is 10.4. The molecule has 2 heteroatoms. The molecule has 78 valence electrons. The third-order valence-electron chi connectivity index (χ3n) is 2.82. The van der Waals surface area contributed by atoms with E-state index in [1.165, 1.54) is 0 Å². The largest absolute Gasteiger partial charge is 0.409 e. The molecule has 0 heterocycles. The summed E-state index contributed by atoms with van der Waals surface area (Å²) >= 11 is 0. The van der Waals surface area contributed by atoms with E-state index < -0.39 is 8.32 Å². The van der Waals surface area contributed by atoms with Crippen molar-refractivity contribution in [3.8, 4) is 0 Å². The summed E-state index contributed by atoms with van der Waals surface area (Å²) < 4.78 is 6.16. The van der Waals surface area contributed by atoms with Gasteiger partial charge in [0.05, 0.1) is 5.60 Å². The molecule has 0 spiro atoms. The van der Waals surface area contributed by atoms with Crippen LogP contribution in [0.2, 0.25) is 18.1 Å². The number of hydrogen-bond donors (Lipinski definition) is 0. The second-order valence-electron chi connectivity index (χ2n) is 5.67. The molecule has 0 fully saturated rings. The van der Waals surface area contributed by atoms with Crippen LogP contribution in [0.15, 0.2) is 12.7 Å². The van der Waals surface area contributed by atoms with Gasteiger partial charge >= 0.3 is 0 Å². The SMILES string of the molecule is C=CC(C)(C)O[Si](C)(C)C(C)(C)C. The van der Waals surface area contributed by atoms with E-state index in [0.29, 0.717) is 0 Å². The van der Waals surface area contributed by atoms with E-state index >= 15 is 0 Å². The smallest absolute Gasteiger partial charge is 0.193 e. The Bertz CT molecular complexity index is 187. The maximum atomic E-state index is 6.16. The lowest BCUT2D eigenvalue weighted by atomic mass is 10.1. The van der Waals surface area contributed by atoms with Gasteiger partial charge in [0.25, 0.3) is 0 Å². The molecule has 0 amide bonds. The second kappa shape index (κ2) is 3.58. The van der Waals surface area contributed by atoms with Gasteiger partial charge in [-0.2, -0.15) is 0 Å². The average Bonchev–Trinajstić information content (AvgIpc) is 1.83. The van der Waals surface area contributed by atoms with E-state index in [9.17, 15) is 0 Å². The molecule has 0 saturated carbocycles. The summed E-state index contributed by atoms with van der Waals surface area (Å²) in [5.41, 5.74) is -0.191. The molecule has 0 aliphatic carbocycles. The van der Waals surface area contributed by atoms with Crippen LogP contribution >= 0.6 is 0 Å². The first-order chi connectivity index (χ1) is 5.52. The fraction of sp³-hybridized carbons (Fsp3) is 0.818. The van der Waals surface area contributed by atoms with Crippen LogP contribution in [0.25, 0.3) is 0 Å². The first-order valence-electron chi connectivity index (χ1n) is 4.86. The van der Waals surface area contributed by atoms with E-state index in [2.05, 4.69) is 54.3 Å². The Hall–Kier alpha value is -0.0831. The van der Waals surface area contributed by atoms with Crippen LogP contribution in [0.1, 0.15) is 34.6 Å². The Morgan fingerprint density at radius 3 is 1.69 bits per heavy atom. The van der Waals surface area contributed by atoms with Crippen molar-refractivity contribution in [3.05, 3.63) is 12.7 Å². The molecule has 1 nitrogen and oxygen atoms in total. The molecule has 0 aromatic rings. The lowest BCUT2D eigenvalue weighted by molar-refractivity contribution is 0.142. The minimum atomic E-state index is -1.63. The number of hydrogen-bond acceptors (Lipinski definition) is 1. The molecule has 0 N–H and O–H groups in total.